The van der Waals surface area contributed by atoms with Crippen molar-refractivity contribution < 1.29 is 14.3 Å². The summed E-state index contributed by atoms with van der Waals surface area (Å²) in [5, 5.41) is 13.8. The van der Waals surface area contributed by atoms with Crippen molar-refractivity contribution >= 4 is 56.5 Å². The van der Waals surface area contributed by atoms with Crippen molar-refractivity contribution in [3.63, 3.8) is 0 Å². The van der Waals surface area contributed by atoms with Crippen molar-refractivity contribution in [3.05, 3.63) is 52.4 Å². The molecule has 4 aromatic rings. The molecule has 0 fully saturated rings. The molecule has 9 heteroatoms. The Morgan fingerprint density at radius 3 is 2.94 bits per heavy atom. The summed E-state index contributed by atoms with van der Waals surface area (Å²) in [7, 11) is 1.38. The third-order valence-corrected chi connectivity index (χ3v) is 7.83. The van der Waals surface area contributed by atoms with Gasteiger partial charge in [0, 0.05) is 4.88 Å². The summed E-state index contributed by atoms with van der Waals surface area (Å²) < 4.78 is 6.96. The number of hydrogen-bond donors (Lipinski definition) is 1. The number of methoxy groups -OCH3 is 1. The molecular formula is C23H22N4O3S2. The van der Waals surface area contributed by atoms with Gasteiger partial charge in [-0.2, -0.15) is 0 Å². The van der Waals surface area contributed by atoms with Crippen LogP contribution in [-0.2, 0) is 22.4 Å². The highest BCUT2D eigenvalue weighted by Gasteiger charge is 2.29. The number of pyridine rings is 1. The summed E-state index contributed by atoms with van der Waals surface area (Å²) in [4.78, 5) is 26.4. The second-order valence-corrected chi connectivity index (χ2v) is 10.0. The monoisotopic (exact) mass is 466 g/mol. The first-order valence-electron chi connectivity index (χ1n) is 10.4. The van der Waals surface area contributed by atoms with Crippen LogP contribution in [0.4, 0.5) is 5.00 Å². The normalized spacial score (nSPS) is 15.6. The Morgan fingerprint density at radius 1 is 1.25 bits per heavy atom. The number of nitrogens with one attached hydrogen (secondary N) is 1. The predicted octanol–water partition coefficient (Wildman–Crippen LogP) is 4.59. The van der Waals surface area contributed by atoms with E-state index in [2.05, 4.69) is 22.4 Å². The summed E-state index contributed by atoms with van der Waals surface area (Å²) in [6.07, 6.45) is 2.79. The van der Waals surface area contributed by atoms with Crippen molar-refractivity contribution in [1.29, 1.82) is 0 Å². The van der Waals surface area contributed by atoms with Crippen LogP contribution in [0.3, 0.4) is 0 Å². The highest BCUT2D eigenvalue weighted by molar-refractivity contribution is 7.99. The topological polar surface area (TPSA) is 85.6 Å². The number of ether oxygens (including phenoxy) is 1. The van der Waals surface area contributed by atoms with Gasteiger partial charge in [0.15, 0.2) is 10.8 Å². The Bertz CT molecular complexity index is 1340. The van der Waals surface area contributed by atoms with Crippen molar-refractivity contribution in [2.75, 3.05) is 18.2 Å². The number of amides is 1. The van der Waals surface area contributed by atoms with Crippen LogP contribution in [0.25, 0.3) is 16.6 Å². The lowest BCUT2D eigenvalue weighted by Crippen LogP contribution is -2.17. The molecule has 0 saturated carbocycles. The van der Waals surface area contributed by atoms with Gasteiger partial charge in [-0.15, -0.1) is 21.5 Å². The van der Waals surface area contributed by atoms with Gasteiger partial charge in [0.25, 0.3) is 0 Å². The number of anilines is 1. The number of carbonyl (C=O) groups is 2. The molecule has 0 bridgehead atoms. The van der Waals surface area contributed by atoms with Crippen molar-refractivity contribution in [2.24, 2.45) is 5.92 Å². The van der Waals surface area contributed by atoms with E-state index in [9.17, 15) is 9.59 Å². The molecule has 1 aliphatic carbocycles. The maximum atomic E-state index is 12.8. The molecule has 1 aromatic carbocycles. The van der Waals surface area contributed by atoms with Gasteiger partial charge in [-0.25, -0.2) is 4.79 Å². The Kier molecular flexibility index (Phi) is 5.60. The highest BCUT2D eigenvalue weighted by Crippen LogP contribution is 2.40. The van der Waals surface area contributed by atoms with E-state index in [1.54, 1.807) is 0 Å². The molecule has 1 amide bonds. The summed E-state index contributed by atoms with van der Waals surface area (Å²) in [6, 6.07) is 11.9. The number of carbonyl (C=O) groups excluding carboxylic acids is 2. The molecule has 1 unspecified atom stereocenters. The van der Waals surface area contributed by atoms with Gasteiger partial charge in [0.05, 0.1) is 23.9 Å². The number of nitrogens with zero attached hydrogens (tertiary/aromatic N) is 3. The lowest BCUT2D eigenvalue weighted by atomic mass is 9.88. The Labute approximate surface area is 193 Å². The zero-order valence-electron chi connectivity index (χ0n) is 17.8. The minimum atomic E-state index is -0.394. The molecule has 0 radical (unpaired) electrons. The van der Waals surface area contributed by atoms with Crippen LogP contribution < -0.4 is 5.32 Å². The van der Waals surface area contributed by atoms with Gasteiger partial charge in [0.1, 0.15) is 5.00 Å². The number of hydrogen-bond acceptors (Lipinski definition) is 7. The third kappa shape index (κ3) is 3.75. The number of esters is 1. The molecule has 0 saturated heterocycles. The molecule has 3 aromatic heterocycles. The number of aromatic nitrogens is 3. The molecule has 1 atom stereocenters. The fraction of sp³-hybridized carbons (Fsp3) is 0.304. The van der Waals surface area contributed by atoms with Crippen molar-refractivity contribution in [1.82, 2.24) is 14.6 Å². The van der Waals surface area contributed by atoms with Gasteiger partial charge in [-0.05, 0) is 54.3 Å². The van der Waals surface area contributed by atoms with Crippen molar-refractivity contribution in [3.8, 4) is 0 Å². The van der Waals surface area contributed by atoms with Crippen LogP contribution in [0.5, 0.6) is 0 Å². The first kappa shape index (κ1) is 21.0. The smallest absolute Gasteiger partial charge is 0.341 e. The zero-order valence-corrected chi connectivity index (χ0v) is 19.4. The summed E-state index contributed by atoms with van der Waals surface area (Å²) in [6.45, 7) is 2.21. The van der Waals surface area contributed by atoms with Gasteiger partial charge in [-0.1, -0.05) is 36.9 Å². The molecule has 3 heterocycles. The SMILES string of the molecule is COC(=O)c1c(NC(=O)CSc2nnc3ccc4ccccc4n23)sc2c1CCC(C)C2. The van der Waals surface area contributed by atoms with Crippen LogP contribution in [0.15, 0.2) is 41.6 Å². The molecule has 1 aliphatic rings. The minimum absolute atomic E-state index is 0.156. The number of thioether (sulfide) groups is 1. The molecule has 0 spiro atoms. The lowest BCUT2D eigenvalue weighted by Gasteiger charge is -2.18. The average molecular weight is 467 g/mol. The van der Waals surface area contributed by atoms with E-state index in [1.165, 1.54) is 35.1 Å². The average Bonchev–Trinajstić information content (AvgIpc) is 3.37. The zero-order chi connectivity index (χ0) is 22.2. The summed E-state index contributed by atoms with van der Waals surface area (Å²) in [5.74, 6) is 0.143. The Balaban J connectivity index is 1.37. The van der Waals surface area contributed by atoms with E-state index in [4.69, 9.17) is 4.74 Å². The molecule has 7 nitrogen and oxygen atoms in total. The molecule has 0 aliphatic heterocycles. The van der Waals surface area contributed by atoms with Crippen LogP contribution >= 0.6 is 23.1 Å². The van der Waals surface area contributed by atoms with Gasteiger partial charge in [0.2, 0.25) is 5.91 Å². The maximum absolute atomic E-state index is 12.8. The van der Waals surface area contributed by atoms with E-state index >= 15 is 0 Å². The number of fused-ring (bicyclic) bond motifs is 4. The third-order valence-electron chi connectivity index (χ3n) is 5.73. The number of rotatable bonds is 5. The van der Waals surface area contributed by atoms with Gasteiger partial charge >= 0.3 is 5.97 Å². The predicted molar refractivity (Wildman–Crippen MR) is 127 cm³/mol. The molecule has 164 valence electrons. The van der Waals surface area contributed by atoms with Crippen LogP contribution in [0.2, 0.25) is 0 Å². The second-order valence-electron chi connectivity index (χ2n) is 7.95. The first-order valence-corrected chi connectivity index (χ1v) is 12.2. The lowest BCUT2D eigenvalue weighted by molar-refractivity contribution is -0.113. The van der Waals surface area contributed by atoms with E-state index in [-0.39, 0.29) is 11.7 Å². The summed E-state index contributed by atoms with van der Waals surface area (Å²) >= 11 is 2.81. The molecule has 5 rings (SSSR count). The minimum Gasteiger partial charge on any atom is -0.465 e. The van der Waals surface area contributed by atoms with E-state index in [1.807, 2.05) is 40.8 Å². The van der Waals surface area contributed by atoms with Crippen LogP contribution in [-0.4, -0.2) is 39.3 Å². The van der Waals surface area contributed by atoms with E-state index < -0.39 is 5.97 Å². The number of benzene rings is 1. The number of para-hydroxylation sites is 1. The first-order chi connectivity index (χ1) is 15.5. The van der Waals surface area contributed by atoms with E-state index in [0.29, 0.717) is 21.6 Å². The van der Waals surface area contributed by atoms with Gasteiger partial charge < -0.3 is 10.1 Å². The molecule has 1 N–H and O–H groups in total. The fourth-order valence-electron chi connectivity index (χ4n) is 4.16. The number of thiophene rings is 1. The van der Waals surface area contributed by atoms with Gasteiger partial charge in [-0.3, -0.25) is 9.20 Å². The van der Waals surface area contributed by atoms with Crippen molar-refractivity contribution in [2.45, 2.75) is 31.3 Å². The maximum Gasteiger partial charge on any atom is 0.341 e. The molecule has 32 heavy (non-hydrogen) atoms. The highest BCUT2D eigenvalue weighted by atomic mass is 32.2. The summed E-state index contributed by atoms with van der Waals surface area (Å²) in [5.41, 5.74) is 3.26. The largest absolute Gasteiger partial charge is 0.465 e. The van der Waals surface area contributed by atoms with Crippen LogP contribution in [0.1, 0.15) is 34.1 Å². The Hall–Kier alpha value is -2.91. The molecular weight excluding hydrogens is 444 g/mol. The quantitative estimate of drug-likeness (QED) is 0.342. The fourth-order valence-corrected chi connectivity index (χ4v) is 6.32. The van der Waals surface area contributed by atoms with Crippen LogP contribution in [0, 0.1) is 5.92 Å². The second kappa shape index (κ2) is 8.55. The van der Waals surface area contributed by atoms with E-state index in [0.717, 1.165) is 41.4 Å². The standard InChI is InChI=1S/C23H22N4O3S2/c1-13-7-9-15-17(11-13)32-21(20(15)22(29)30-2)24-19(28)12-31-23-26-25-18-10-8-14-5-3-4-6-16(14)27(18)23/h3-6,8,10,13H,7,9,11-12H2,1-2H3,(H,24,28). The Morgan fingerprint density at radius 2 is 2.09 bits per heavy atom.